The number of rotatable bonds is 19. The van der Waals surface area contributed by atoms with Crippen molar-refractivity contribution in [3.05, 3.63) is 105 Å². The summed E-state index contributed by atoms with van der Waals surface area (Å²) in [5.41, 5.74) is 2.28. The quantitative estimate of drug-likeness (QED) is 0.0930. The van der Waals surface area contributed by atoms with Crippen LogP contribution in [0.5, 0.6) is 0 Å². The number of Topliss-reactive ketones (excluding diaryl/α,β-unsaturated/α-hetero) is 1. The molecule has 1 N–H and O–H groups in total. The van der Waals surface area contributed by atoms with Gasteiger partial charge in [-0.25, -0.2) is 0 Å². The highest BCUT2D eigenvalue weighted by atomic mass is 35.5. The van der Waals surface area contributed by atoms with Crippen LogP contribution in [0.4, 0.5) is 0 Å². The third-order valence-electron chi connectivity index (χ3n) is 13.4. The molecule has 0 bridgehead atoms. The summed E-state index contributed by atoms with van der Waals surface area (Å²) in [6.07, 6.45) is 2.08. The summed E-state index contributed by atoms with van der Waals surface area (Å²) in [4.78, 5) is 14.0. The van der Waals surface area contributed by atoms with Crippen molar-refractivity contribution >= 4 is 48.9 Å². The summed E-state index contributed by atoms with van der Waals surface area (Å²) in [5.74, 6) is 0.00502. The van der Waals surface area contributed by atoms with Crippen molar-refractivity contribution < 1.29 is 42.7 Å². The molecule has 0 saturated carbocycles. The van der Waals surface area contributed by atoms with Gasteiger partial charge in [-0.05, 0) is 93.3 Å². The molecule has 3 saturated heterocycles. The lowest BCUT2D eigenvalue weighted by atomic mass is 9.90. The number of aliphatic hydroxyl groups excluding tert-OH is 1. The molecule has 3 aromatic carbocycles. The number of benzene rings is 3. The van der Waals surface area contributed by atoms with E-state index in [1.807, 2.05) is 48.5 Å². The summed E-state index contributed by atoms with van der Waals surface area (Å²) >= 11 is 19.0. The maximum atomic E-state index is 14.0. The number of carbonyl (C=O) groups excluding carboxylic acids is 1. The Labute approximate surface area is 391 Å². The van der Waals surface area contributed by atoms with Gasteiger partial charge in [0.2, 0.25) is 0 Å². The molecule has 13 heteroatoms. The van der Waals surface area contributed by atoms with E-state index >= 15 is 0 Å². The first-order valence-electron chi connectivity index (χ1n) is 22.9. The highest BCUT2D eigenvalue weighted by Gasteiger charge is 2.51. The SMILES string of the molecule is CC(C)(C)[Si](C)(C)O[C@@]1(C)CC[C@H]2O[C@@H](C[C@H]3O[C@H](CCCOCc4ccccc4)C[C@H](OCc4ccccc4)[C@@H]3O)C(=O)CC[C@@H]2O[C@@H]1CCCOCc1c(Cl)cc(Cl)cc1Cl. The Morgan fingerprint density at radius 3 is 2.06 bits per heavy atom. The first-order valence-corrected chi connectivity index (χ1v) is 26.9. The predicted octanol–water partition coefficient (Wildman–Crippen LogP) is 11.9. The van der Waals surface area contributed by atoms with Crippen LogP contribution in [0.25, 0.3) is 0 Å². The molecule has 3 aliphatic heterocycles. The third-order valence-corrected chi connectivity index (χ3v) is 18.9. The molecule has 3 aliphatic rings. The van der Waals surface area contributed by atoms with E-state index in [0.29, 0.717) is 92.0 Å². The van der Waals surface area contributed by atoms with Crippen molar-refractivity contribution in [3.8, 4) is 0 Å². The van der Waals surface area contributed by atoms with E-state index < -0.39 is 38.3 Å². The van der Waals surface area contributed by atoms with Crippen LogP contribution in [0.1, 0.15) is 109 Å². The molecule has 0 aliphatic carbocycles. The van der Waals surface area contributed by atoms with Gasteiger partial charge in [0.25, 0.3) is 0 Å². The Morgan fingerprint density at radius 1 is 0.810 bits per heavy atom. The van der Waals surface area contributed by atoms with E-state index in [4.69, 9.17) is 67.7 Å². The number of carbonyl (C=O) groups is 1. The summed E-state index contributed by atoms with van der Waals surface area (Å²) in [7, 11) is -2.25. The monoisotopic (exact) mass is 946 g/mol. The number of hydrogen-bond donors (Lipinski definition) is 1. The Kier molecular flexibility index (Phi) is 18.6. The molecule has 0 radical (unpaired) electrons. The second-order valence-electron chi connectivity index (χ2n) is 19.4. The Hall–Kier alpha value is -1.90. The summed E-state index contributed by atoms with van der Waals surface area (Å²) in [6, 6.07) is 23.5. The van der Waals surface area contributed by atoms with Crippen LogP contribution in [0.2, 0.25) is 33.2 Å². The van der Waals surface area contributed by atoms with Gasteiger partial charge >= 0.3 is 0 Å². The van der Waals surface area contributed by atoms with Crippen LogP contribution in [-0.2, 0) is 57.5 Å². The fourth-order valence-corrected chi connectivity index (χ4v) is 11.4. The van der Waals surface area contributed by atoms with Gasteiger partial charge in [0, 0.05) is 53.1 Å². The van der Waals surface area contributed by atoms with Crippen molar-refractivity contribution in [1.29, 1.82) is 0 Å². The van der Waals surface area contributed by atoms with Gasteiger partial charge in [0.1, 0.15) is 12.2 Å². The molecular formula is C50H69Cl3O9Si. The van der Waals surface area contributed by atoms with Crippen molar-refractivity contribution in [1.82, 2.24) is 0 Å². The number of ketones is 1. The standard InChI is InChI=1S/C50H69Cl3O9Si/c1-49(2,3)63(5,6)62-50(4)24-23-43-42(61-47(50)20-14-26-57-33-38-39(52)27-36(51)28-40(38)53)22-21-41(54)44(60-43)30-46-48(55)45(58-32-35-17-11-8-12-18-35)29-37(59-46)19-13-25-56-31-34-15-9-7-10-16-34/h7-12,15-18,27-28,37,42-48,55H,13-14,19-26,29-33H2,1-6H3/t37-,42+,43-,44+,45+,46-,47-,48+,50+/m1/s1. The van der Waals surface area contributed by atoms with Gasteiger partial charge in [0.05, 0.1) is 62.0 Å². The molecular weight excluding hydrogens is 879 g/mol. The fourth-order valence-electron chi connectivity index (χ4n) is 8.76. The van der Waals surface area contributed by atoms with Gasteiger partial charge in [-0.1, -0.05) is 116 Å². The molecule has 9 nitrogen and oxygen atoms in total. The number of fused-ring (bicyclic) bond motifs is 1. The number of aliphatic hydroxyl groups is 1. The number of hydrogen-bond acceptors (Lipinski definition) is 9. The van der Waals surface area contributed by atoms with E-state index in [9.17, 15) is 9.90 Å². The third kappa shape index (κ3) is 14.3. The highest BCUT2D eigenvalue weighted by molar-refractivity contribution is 6.74. The normalized spacial score (nSPS) is 28.3. The van der Waals surface area contributed by atoms with Crippen molar-refractivity contribution in [2.75, 3.05) is 13.2 Å². The lowest BCUT2D eigenvalue weighted by molar-refractivity contribution is -0.201. The van der Waals surface area contributed by atoms with Crippen molar-refractivity contribution in [2.45, 2.75) is 184 Å². The molecule has 0 aromatic heterocycles. The second kappa shape index (κ2) is 23.2. The molecule has 0 amide bonds. The molecule has 348 valence electrons. The second-order valence-corrected chi connectivity index (χ2v) is 25.3. The maximum Gasteiger partial charge on any atom is 0.192 e. The minimum Gasteiger partial charge on any atom is -0.409 e. The lowest BCUT2D eigenvalue weighted by Crippen LogP contribution is -2.54. The zero-order valence-electron chi connectivity index (χ0n) is 38.0. The van der Waals surface area contributed by atoms with Crippen LogP contribution >= 0.6 is 34.8 Å². The average molecular weight is 949 g/mol. The average Bonchev–Trinajstić information content (AvgIpc) is 3.45. The van der Waals surface area contributed by atoms with Gasteiger partial charge in [0.15, 0.2) is 14.1 Å². The van der Waals surface area contributed by atoms with Crippen LogP contribution in [0.15, 0.2) is 72.8 Å². The van der Waals surface area contributed by atoms with Gasteiger partial charge in [-0.2, -0.15) is 0 Å². The van der Waals surface area contributed by atoms with Gasteiger partial charge < -0.3 is 38.0 Å². The first kappa shape index (κ1) is 50.5. The van der Waals surface area contributed by atoms with Crippen LogP contribution in [0.3, 0.4) is 0 Å². The highest BCUT2D eigenvalue weighted by Crippen LogP contribution is 2.45. The topological polar surface area (TPSA) is 102 Å². The summed E-state index contributed by atoms with van der Waals surface area (Å²) < 4.78 is 46.4. The summed E-state index contributed by atoms with van der Waals surface area (Å²) in [5, 5.41) is 13.2. The van der Waals surface area contributed by atoms with Crippen LogP contribution in [0, 0.1) is 0 Å². The van der Waals surface area contributed by atoms with Crippen molar-refractivity contribution in [2.24, 2.45) is 0 Å². The lowest BCUT2D eigenvalue weighted by Gasteiger charge is -2.47. The van der Waals surface area contributed by atoms with Gasteiger partial charge in [-0.3, -0.25) is 4.79 Å². The van der Waals surface area contributed by atoms with E-state index in [1.54, 1.807) is 12.1 Å². The van der Waals surface area contributed by atoms with E-state index in [2.05, 4.69) is 52.9 Å². The first-order chi connectivity index (χ1) is 30.0. The largest absolute Gasteiger partial charge is 0.409 e. The fraction of sp³-hybridized carbons (Fsp3) is 0.620. The minimum absolute atomic E-state index is 0.00502. The minimum atomic E-state index is -2.25. The maximum absolute atomic E-state index is 14.0. The van der Waals surface area contributed by atoms with Crippen molar-refractivity contribution in [3.63, 3.8) is 0 Å². The molecule has 3 aromatic rings. The van der Waals surface area contributed by atoms with Crippen LogP contribution < -0.4 is 0 Å². The molecule has 6 rings (SSSR count). The van der Waals surface area contributed by atoms with Gasteiger partial charge in [-0.15, -0.1) is 0 Å². The zero-order chi connectivity index (χ0) is 45.2. The number of ether oxygens (including phenoxy) is 6. The summed E-state index contributed by atoms with van der Waals surface area (Å²) in [6.45, 7) is 15.8. The van der Waals surface area contributed by atoms with Crippen LogP contribution in [-0.4, -0.2) is 86.9 Å². The Bertz CT molecular complexity index is 1860. The molecule has 0 unspecified atom stereocenters. The Morgan fingerprint density at radius 2 is 1.41 bits per heavy atom. The Balaban J connectivity index is 1.12. The molecule has 3 heterocycles. The molecule has 3 fully saturated rings. The van der Waals surface area contributed by atoms with E-state index in [-0.39, 0.29) is 48.3 Å². The predicted molar refractivity (Wildman–Crippen MR) is 252 cm³/mol. The van der Waals surface area contributed by atoms with E-state index in [0.717, 1.165) is 24.0 Å². The smallest absolute Gasteiger partial charge is 0.192 e. The zero-order valence-corrected chi connectivity index (χ0v) is 41.3. The number of halogens is 3. The van der Waals surface area contributed by atoms with E-state index in [1.165, 1.54) is 0 Å². The molecule has 63 heavy (non-hydrogen) atoms. The molecule has 9 atom stereocenters. The molecule has 0 spiro atoms.